The Morgan fingerprint density at radius 3 is 2.56 bits per heavy atom. The third-order valence-electron chi connectivity index (χ3n) is 5.62. The second kappa shape index (κ2) is 10.1. The quantitative estimate of drug-likeness (QED) is 0.498. The SMILES string of the molecule is CCOC(=O)[C@@H](OC(C)(C)C)c1c(C)cc2nc(CN(C)C)ccc2c1C1=CCCCC1. The van der Waals surface area contributed by atoms with Gasteiger partial charge in [0.15, 0.2) is 6.10 Å². The molecule has 1 aliphatic carbocycles. The van der Waals surface area contributed by atoms with Gasteiger partial charge in [-0.25, -0.2) is 4.79 Å². The molecule has 0 aliphatic heterocycles. The Morgan fingerprint density at radius 2 is 1.97 bits per heavy atom. The third kappa shape index (κ3) is 5.76. The largest absolute Gasteiger partial charge is 0.464 e. The first kappa shape index (κ1) is 24.4. The summed E-state index contributed by atoms with van der Waals surface area (Å²) in [6.07, 6.45) is 5.95. The summed E-state index contributed by atoms with van der Waals surface area (Å²) in [5.74, 6) is -0.334. The van der Waals surface area contributed by atoms with Gasteiger partial charge in [-0.05, 0) is 103 Å². The smallest absolute Gasteiger partial charge is 0.339 e. The normalized spacial score (nSPS) is 15.7. The van der Waals surface area contributed by atoms with Crippen molar-refractivity contribution in [3.8, 4) is 0 Å². The number of carbonyl (C=O) groups is 1. The number of hydrogen-bond acceptors (Lipinski definition) is 5. The number of aryl methyl sites for hydroxylation is 1. The molecule has 0 amide bonds. The fourth-order valence-electron chi connectivity index (χ4n) is 4.42. The summed E-state index contributed by atoms with van der Waals surface area (Å²) >= 11 is 0. The number of nitrogens with zero attached hydrogens (tertiary/aromatic N) is 2. The molecular formula is C27H38N2O3. The number of ether oxygens (including phenoxy) is 2. The van der Waals surface area contributed by atoms with Crippen molar-refractivity contribution < 1.29 is 14.3 Å². The van der Waals surface area contributed by atoms with Gasteiger partial charge >= 0.3 is 5.97 Å². The number of benzene rings is 1. The molecule has 5 nitrogen and oxygen atoms in total. The van der Waals surface area contributed by atoms with Crippen LogP contribution in [0.5, 0.6) is 0 Å². The number of rotatable bonds is 7. The van der Waals surface area contributed by atoms with Crippen molar-refractivity contribution in [3.63, 3.8) is 0 Å². The van der Waals surface area contributed by atoms with E-state index in [9.17, 15) is 4.79 Å². The zero-order valence-corrected chi connectivity index (χ0v) is 20.7. The van der Waals surface area contributed by atoms with Crippen LogP contribution in [0.2, 0.25) is 0 Å². The molecule has 0 radical (unpaired) electrons. The first-order valence-corrected chi connectivity index (χ1v) is 11.7. The van der Waals surface area contributed by atoms with E-state index in [1.165, 1.54) is 12.0 Å². The molecule has 0 unspecified atom stereocenters. The maximum Gasteiger partial charge on any atom is 0.339 e. The van der Waals surface area contributed by atoms with Gasteiger partial charge in [-0.15, -0.1) is 0 Å². The van der Waals surface area contributed by atoms with Gasteiger partial charge in [-0.2, -0.15) is 0 Å². The van der Waals surface area contributed by atoms with Crippen molar-refractivity contribution in [1.82, 2.24) is 9.88 Å². The highest BCUT2D eigenvalue weighted by Crippen LogP contribution is 2.41. The first-order chi connectivity index (χ1) is 15.1. The fourth-order valence-corrected chi connectivity index (χ4v) is 4.42. The predicted octanol–water partition coefficient (Wildman–Crippen LogP) is 5.98. The van der Waals surface area contributed by atoms with Crippen LogP contribution < -0.4 is 0 Å². The van der Waals surface area contributed by atoms with Gasteiger partial charge < -0.3 is 14.4 Å². The van der Waals surface area contributed by atoms with Crippen LogP contribution in [0, 0.1) is 6.92 Å². The van der Waals surface area contributed by atoms with E-state index in [2.05, 4.69) is 36.1 Å². The minimum Gasteiger partial charge on any atom is -0.464 e. The summed E-state index contributed by atoms with van der Waals surface area (Å²) in [5.41, 5.74) is 5.82. The van der Waals surface area contributed by atoms with E-state index < -0.39 is 11.7 Å². The molecule has 1 heterocycles. The molecule has 1 aromatic carbocycles. The highest BCUT2D eigenvalue weighted by atomic mass is 16.6. The molecule has 2 aromatic rings. The Morgan fingerprint density at radius 1 is 1.22 bits per heavy atom. The number of esters is 1. The molecule has 1 atom stereocenters. The summed E-state index contributed by atoms with van der Waals surface area (Å²) in [4.78, 5) is 20.2. The van der Waals surface area contributed by atoms with E-state index >= 15 is 0 Å². The third-order valence-corrected chi connectivity index (χ3v) is 5.62. The van der Waals surface area contributed by atoms with Gasteiger partial charge in [0.2, 0.25) is 0 Å². The predicted molar refractivity (Wildman–Crippen MR) is 131 cm³/mol. The van der Waals surface area contributed by atoms with Gasteiger partial charge in [0.25, 0.3) is 0 Å². The van der Waals surface area contributed by atoms with Crippen LogP contribution in [0.1, 0.15) is 81.9 Å². The van der Waals surface area contributed by atoms with Crippen LogP contribution in [-0.4, -0.2) is 42.2 Å². The number of pyridine rings is 1. The lowest BCUT2D eigenvalue weighted by Gasteiger charge is -2.30. The molecule has 0 N–H and O–H groups in total. The van der Waals surface area contributed by atoms with Crippen LogP contribution in [0.4, 0.5) is 0 Å². The topological polar surface area (TPSA) is 51.7 Å². The van der Waals surface area contributed by atoms with Crippen molar-refractivity contribution in [1.29, 1.82) is 0 Å². The molecule has 1 aliphatic rings. The average Bonchev–Trinajstić information content (AvgIpc) is 2.71. The van der Waals surface area contributed by atoms with E-state index in [-0.39, 0.29) is 5.97 Å². The van der Waals surface area contributed by atoms with Crippen molar-refractivity contribution in [3.05, 3.63) is 46.7 Å². The number of aromatic nitrogens is 1. The Labute approximate surface area is 192 Å². The second-order valence-corrected chi connectivity index (χ2v) is 9.93. The summed E-state index contributed by atoms with van der Waals surface area (Å²) in [7, 11) is 4.10. The van der Waals surface area contributed by atoms with Gasteiger partial charge in [-0.1, -0.05) is 12.1 Å². The number of carbonyl (C=O) groups excluding carboxylic acids is 1. The zero-order valence-electron chi connectivity index (χ0n) is 20.7. The Kier molecular flexibility index (Phi) is 7.73. The minimum absolute atomic E-state index is 0.322. The minimum atomic E-state index is -0.779. The number of hydrogen-bond donors (Lipinski definition) is 0. The van der Waals surface area contributed by atoms with Gasteiger partial charge in [0, 0.05) is 17.5 Å². The van der Waals surface area contributed by atoms with Gasteiger partial charge in [0.1, 0.15) is 0 Å². The lowest BCUT2D eigenvalue weighted by molar-refractivity contribution is -0.166. The molecule has 3 rings (SSSR count). The second-order valence-electron chi connectivity index (χ2n) is 9.93. The maximum absolute atomic E-state index is 13.1. The molecule has 5 heteroatoms. The summed E-state index contributed by atoms with van der Waals surface area (Å²) in [5, 5.41) is 1.08. The van der Waals surface area contributed by atoms with Crippen LogP contribution in [0.3, 0.4) is 0 Å². The van der Waals surface area contributed by atoms with E-state index in [1.54, 1.807) is 0 Å². The fraction of sp³-hybridized carbons (Fsp3) is 0.556. The molecule has 0 spiro atoms. The van der Waals surface area contributed by atoms with Crippen molar-refractivity contribution in [2.45, 2.75) is 78.6 Å². The van der Waals surface area contributed by atoms with Crippen molar-refractivity contribution in [2.24, 2.45) is 0 Å². The monoisotopic (exact) mass is 438 g/mol. The van der Waals surface area contributed by atoms with Gasteiger partial charge in [0.05, 0.1) is 23.4 Å². The summed E-state index contributed by atoms with van der Waals surface area (Å²) < 4.78 is 11.8. The highest BCUT2D eigenvalue weighted by molar-refractivity contribution is 5.96. The van der Waals surface area contributed by atoms with E-state index in [0.717, 1.165) is 59.1 Å². The Balaban J connectivity index is 2.28. The molecule has 0 bridgehead atoms. The van der Waals surface area contributed by atoms with Crippen LogP contribution in [0.15, 0.2) is 24.3 Å². The molecule has 32 heavy (non-hydrogen) atoms. The zero-order chi connectivity index (χ0) is 23.5. The summed E-state index contributed by atoms with van der Waals surface area (Å²) in [6, 6.07) is 6.35. The molecule has 0 saturated heterocycles. The number of fused-ring (bicyclic) bond motifs is 1. The molecular weight excluding hydrogens is 400 g/mol. The van der Waals surface area contributed by atoms with E-state index in [1.807, 2.05) is 41.8 Å². The van der Waals surface area contributed by atoms with Crippen LogP contribution in [-0.2, 0) is 20.8 Å². The maximum atomic E-state index is 13.1. The van der Waals surface area contributed by atoms with Crippen LogP contribution in [0.25, 0.3) is 16.5 Å². The van der Waals surface area contributed by atoms with Gasteiger partial charge in [-0.3, -0.25) is 4.98 Å². The van der Waals surface area contributed by atoms with E-state index in [4.69, 9.17) is 14.5 Å². The summed E-state index contributed by atoms with van der Waals surface area (Å²) in [6.45, 7) is 10.9. The van der Waals surface area contributed by atoms with Crippen molar-refractivity contribution >= 4 is 22.4 Å². The first-order valence-electron chi connectivity index (χ1n) is 11.7. The lowest BCUT2D eigenvalue weighted by Crippen LogP contribution is -2.30. The van der Waals surface area contributed by atoms with Crippen LogP contribution >= 0.6 is 0 Å². The van der Waals surface area contributed by atoms with E-state index in [0.29, 0.717) is 6.61 Å². The molecule has 0 saturated carbocycles. The Bertz CT molecular complexity index is 1000. The molecule has 1 aromatic heterocycles. The molecule has 174 valence electrons. The number of allylic oxidation sites excluding steroid dienone is 2. The van der Waals surface area contributed by atoms with Crippen molar-refractivity contribution in [2.75, 3.05) is 20.7 Å². The lowest BCUT2D eigenvalue weighted by atomic mass is 9.84. The highest BCUT2D eigenvalue weighted by Gasteiger charge is 2.33. The Hall–Kier alpha value is -2.24. The average molecular weight is 439 g/mol. The standard InChI is InChI=1S/C27H38N2O3/c1-8-31-26(30)25(32-27(3,4)5)23-18(2)16-22-21(15-14-20(28-22)17-29(6)7)24(23)19-12-10-9-11-13-19/h12,14-16,25H,8-11,13,17H2,1-7H3/t25-/m0/s1. The molecule has 0 fully saturated rings.